The maximum Gasteiger partial charge on any atom is 0.279 e. The highest BCUT2D eigenvalue weighted by Crippen LogP contribution is 2.14. The van der Waals surface area contributed by atoms with Gasteiger partial charge in [0.1, 0.15) is 6.26 Å². The van der Waals surface area contributed by atoms with Crippen LogP contribution in [0.15, 0.2) is 29.2 Å². The van der Waals surface area contributed by atoms with E-state index in [1.54, 1.807) is 0 Å². The summed E-state index contributed by atoms with van der Waals surface area (Å²) in [6.45, 7) is 0. The normalized spacial score (nSPS) is 9.93. The molecule has 0 aliphatic heterocycles. The van der Waals surface area contributed by atoms with Crippen LogP contribution in [0.3, 0.4) is 0 Å². The molecule has 2 heterocycles. The van der Waals surface area contributed by atoms with E-state index in [1.807, 2.05) is 0 Å². The standard InChI is InChI=1S/C8H5ClN4O2/c9-6-7(11-3-2-10-6)12-8(14)5-1-4-15-13-5/h1-4H,(H,11,12,14). The van der Waals surface area contributed by atoms with Crippen LogP contribution in [0.4, 0.5) is 5.82 Å². The minimum absolute atomic E-state index is 0.120. The minimum Gasteiger partial charge on any atom is -0.364 e. The van der Waals surface area contributed by atoms with Gasteiger partial charge in [0.2, 0.25) is 0 Å². The Labute approximate surface area is 89.3 Å². The van der Waals surface area contributed by atoms with E-state index < -0.39 is 5.91 Å². The number of nitrogens with one attached hydrogen (secondary N) is 1. The molecule has 2 aromatic heterocycles. The van der Waals surface area contributed by atoms with Gasteiger partial charge in [0.15, 0.2) is 16.7 Å². The van der Waals surface area contributed by atoms with Crippen LogP contribution in [0.1, 0.15) is 10.5 Å². The number of aromatic nitrogens is 3. The molecule has 15 heavy (non-hydrogen) atoms. The second kappa shape index (κ2) is 4.05. The predicted molar refractivity (Wildman–Crippen MR) is 51.5 cm³/mol. The summed E-state index contributed by atoms with van der Waals surface area (Å²) in [5.41, 5.74) is 0.150. The number of amides is 1. The number of halogens is 1. The lowest BCUT2D eigenvalue weighted by molar-refractivity contribution is 0.101. The first-order valence-electron chi connectivity index (χ1n) is 3.95. The van der Waals surface area contributed by atoms with Crippen LogP contribution in [0.25, 0.3) is 0 Å². The average Bonchev–Trinajstić information content (AvgIpc) is 2.74. The number of nitrogens with zero attached hydrogens (tertiary/aromatic N) is 3. The van der Waals surface area contributed by atoms with Gasteiger partial charge in [-0.05, 0) is 0 Å². The lowest BCUT2D eigenvalue weighted by Gasteiger charge is -2.01. The molecule has 7 heteroatoms. The second-order valence-corrected chi connectivity index (χ2v) is 2.89. The summed E-state index contributed by atoms with van der Waals surface area (Å²) >= 11 is 5.70. The third-order valence-electron chi connectivity index (χ3n) is 1.56. The molecule has 0 aromatic carbocycles. The third-order valence-corrected chi connectivity index (χ3v) is 1.83. The fraction of sp³-hybridized carbons (Fsp3) is 0. The van der Waals surface area contributed by atoms with E-state index >= 15 is 0 Å². The summed E-state index contributed by atoms with van der Waals surface area (Å²) in [7, 11) is 0. The summed E-state index contributed by atoms with van der Waals surface area (Å²) in [6.07, 6.45) is 4.14. The van der Waals surface area contributed by atoms with Crippen molar-refractivity contribution in [1.82, 2.24) is 15.1 Å². The lowest BCUT2D eigenvalue weighted by Crippen LogP contribution is -2.13. The summed E-state index contributed by atoms with van der Waals surface area (Å²) in [6, 6.07) is 1.43. The van der Waals surface area contributed by atoms with Gasteiger partial charge in [0.05, 0.1) is 0 Å². The van der Waals surface area contributed by atoms with Gasteiger partial charge >= 0.3 is 0 Å². The van der Waals surface area contributed by atoms with Gasteiger partial charge in [-0.2, -0.15) is 0 Å². The highest BCUT2D eigenvalue weighted by atomic mass is 35.5. The van der Waals surface area contributed by atoms with E-state index in [-0.39, 0.29) is 16.7 Å². The molecule has 2 aromatic rings. The number of anilines is 1. The van der Waals surface area contributed by atoms with E-state index in [1.165, 1.54) is 24.7 Å². The van der Waals surface area contributed by atoms with E-state index in [9.17, 15) is 4.79 Å². The number of hydrogen-bond donors (Lipinski definition) is 1. The molecule has 0 aliphatic rings. The topological polar surface area (TPSA) is 80.9 Å². The highest BCUT2D eigenvalue weighted by Gasteiger charge is 2.11. The summed E-state index contributed by atoms with van der Waals surface area (Å²) in [5.74, 6) is -0.265. The van der Waals surface area contributed by atoms with Crippen molar-refractivity contribution in [3.05, 3.63) is 35.6 Å². The smallest absolute Gasteiger partial charge is 0.279 e. The first-order chi connectivity index (χ1) is 7.27. The van der Waals surface area contributed by atoms with Gasteiger partial charge in [-0.3, -0.25) is 4.79 Å². The van der Waals surface area contributed by atoms with Crippen LogP contribution in [0.5, 0.6) is 0 Å². The van der Waals surface area contributed by atoms with Crippen LogP contribution in [-0.4, -0.2) is 21.0 Å². The number of carbonyl (C=O) groups excluding carboxylic acids is 1. The predicted octanol–water partition coefficient (Wildman–Crippen LogP) is 1.37. The first kappa shape index (κ1) is 9.60. The molecule has 0 atom stereocenters. The van der Waals surface area contributed by atoms with Crippen molar-refractivity contribution in [2.24, 2.45) is 0 Å². The molecule has 0 unspecified atom stereocenters. The first-order valence-corrected chi connectivity index (χ1v) is 4.33. The van der Waals surface area contributed by atoms with Crippen molar-refractivity contribution < 1.29 is 9.32 Å². The zero-order valence-corrected chi connectivity index (χ0v) is 8.10. The SMILES string of the molecule is O=C(Nc1nccnc1Cl)c1ccon1. The van der Waals surface area contributed by atoms with Crippen LogP contribution >= 0.6 is 11.6 Å². The Morgan fingerprint density at radius 1 is 1.40 bits per heavy atom. The lowest BCUT2D eigenvalue weighted by atomic mass is 10.4. The van der Waals surface area contributed by atoms with E-state index in [0.717, 1.165) is 0 Å². The van der Waals surface area contributed by atoms with Gasteiger partial charge < -0.3 is 9.84 Å². The Kier molecular flexibility index (Phi) is 2.59. The fourth-order valence-electron chi connectivity index (χ4n) is 0.906. The zero-order chi connectivity index (χ0) is 10.7. The number of hydrogen-bond acceptors (Lipinski definition) is 5. The van der Waals surface area contributed by atoms with Gasteiger partial charge in [-0.15, -0.1) is 0 Å². The van der Waals surface area contributed by atoms with Crippen molar-refractivity contribution in [2.45, 2.75) is 0 Å². The molecule has 0 spiro atoms. The van der Waals surface area contributed by atoms with Crippen molar-refractivity contribution in [3.8, 4) is 0 Å². The third kappa shape index (κ3) is 2.10. The van der Waals surface area contributed by atoms with Gasteiger partial charge in [-0.1, -0.05) is 16.8 Å². The summed E-state index contributed by atoms with van der Waals surface area (Å²) < 4.78 is 4.52. The van der Waals surface area contributed by atoms with E-state index in [4.69, 9.17) is 11.6 Å². The van der Waals surface area contributed by atoms with E-state index in [2.05, 4.69) is 25.0 Å². The number of carbonyl (C=O) groups is 1. The Morgan fingerprint density at radius 3 is 2.87 bits per heavy atom. The van der Waals surface area contributed by atoms with Crippen molar-refractivity contribution in [2.75, 3.05) is 5.32 Å². The maximum absolute atomic E-state index is 11.5. The quantitative estimate of drug-likeness (QED) is 0.833. The van der Waals surface area contributed by atoms with E-state index in [0.29, 0.717) is 0 Å². The Hall–Kier alpha value is -1.95. The molecule has 0 saturated heterocycles. The molecule has 0 bridgehead atoms. The second-order valence-electron chi connectivity index (χ2n) is 2.53. The molecule has 0 saturated carbocycles. The molecule has 1 N–H and O–H groups in total. The summed E-state index contributed by atoms with van der Waals surface area (Å²) in [4.78, 5) is 19.1. The Balaban J connectivity index is 2.17. The highest BCUT2D eigenvalue weighted by molar-refractivity contribution is 6.32. The Bertz CT molecular complexity index is 471. The molecule has 0 radical (unpaired) electrons. The van der Waals surface area contributed by atoms with Crippen molar-refractivity contribution in [3.63, 3.8) is 0 Å². The van der Waals surface area contributed by atoms with Crippen LogP contribution in [0, 0.1) is 0 Å². The molecular formula is C8H5ClN4O2. The van der Waals surface area contributed by atoms with Crippen LogP contribution < -0.4 is 5.32 Å². The van der Waals surface area contributed by atoms with Gasteiger partial charge in [-0.25, -0.2) is 9.97 Å². The molecule has 76 valence electrons. The van der Waals surface area contributed by atoms with Crippen LogP contribution in [-0.2, 0) is 0 Å². The maximum atomic E-state index is 11.5. The molecule has 0 fully saturated rings. The van der Waals surface area contributed by atoms with Crippen molar-refractivity contribution in [1.29, 1.82) is 0 Å². The monoisotopic (exact) mass is 224 g/mol. The van der Waals surface area contributed by atoms with Gasteiger partial charge in [0.25, 0.3) is 5.91 Å². The fourth-order valence-corrected chi connectivity index (χ4v) is 1.06. The number of rotatable bonds is 2. The largest absolute Gasteiger partial charge is 0.364 e. The average molecular weight is 225 g/mol. The van der Waals surface area contributed by atoms with Crippen LogP contribution in [0.2, 0.25) is 5.15 Å². The minimum atomic E-state index is -0.453. The Morgan fingerprint density at radius 2 is 2.20 bits per heavy atom. The zero-order valence-electron chi connectivity index (χ0n) is 7.35. The van der Waals surface area contributed by atoms with Crippen molar-refractivity contribution >= 4 is 23.3 Å². The van der Waals surface area contributed by atoms with Gasteiger partial charge in [0, 0.05) is 18.5 Å². The molecular weight excluding hydrogens is 220 g/mol. The molecule has 1 amide bonds. The summed E-state index contributed by atoms with van der Waals surface area (Å²) in [5, 5.41) is 6.03. The molecule has 0 aliphatic carbocycles. The molecule has 6 nitrogen and oxygen atoms in total. The molecule has 2 rings (SSSR count).